The highest BCUT2D eigenvalue weighted by molar-refractivity contribution is 6.25. The maximum atomic E-state index is 13.2. The van der Waals surface area contributed by atoms with Crippen LogP contribution in [-0.2, 0) is 6.61 Å². The Morgan fingerprint density at radius 3 is 2.24 bits per heavy atom. The van der Waals surface area contributed by atoms with Crippen molar-refractivity contribution >= 4 is 44.2 Å². The molecule has 6 aromatic rings. The molecule has 0 amide bonds. The lowest BCUT2D eigenvalue weighted by atomic mass is 9.91. The van der Waals surface area contributed by atoms with E-state index in [1.807, 2.05) is 60.7 Å². The minimum absolute atomic E-state index is 0.0752. The molecule has 0 N–H and O–H groups in total. The Morgan fingerprint density at radius 1 is 0.676 bits per heavy atom. The Bertz CT molecular complexity index is 1660. The zero-order valence-corrected chi connectivity index (χ0v) is 18.6. The molecule has 6 aromatic carbocycles. The SMILES string of the molecule is O=C(C=Cc1cc2cccc3ccc4cccc1c4c32)c1ccccc1OCc1ccccc1. The summed E-state index contributed by atoms with van der Waals surface area (Å²) in [5, 5.41) is 7.30. The number of allylic oxidation sites excluding steroid dienone is 1. The fourth-order valence-electron chi connectivity index (χ4n) is 4.71. The molecule has 0 aliphatic rings. The van der Waals surface area contributed by atoms with Crippen LogP contribution in [0.4, 0.5) is 0 Å². The highest BCUT2D eigenvalue weighted by Crippen LogP contribution is 2.37. The molecule has 6 rings (SSSR count). The van der Waals surface area contributed by atoms with E-state index in [9.17, 15) is 4.79 Å². The Morgan fingerprint density at radius 2 is 1.38 bits per heavy atom. The third-order valence-electron chi connectivity index (χ3n) is 6.34. The van der Waals surface area contributed by atoms with Gasteiger partial charge in [0.25, 0.3) is 0 Å². The number of hydrogen-bond acceptors (Lipinski definition) is 2. The van der Waals surface area contributed by atoms with Crippen LogP contribution in [0.25, 0.3) is 38.4 Å². The maximum Gasteiger partial charge on any atom is 0.189 e. The van der Waals surface area contributed by atoms with E-state index in [-0.39, 0.29) is 5.78 Å². The molecular formula is C32H22O2. The average Bonchev–Trinajstić information content (AvgIpc) is 2.90. The number of carbonyl (C=O) groups excluding carboxylic acids is 1. The molecule has 0 saturated heterocycles. The molecule has 0 aliphatic heterocycles. The van der Waals surface area contributed by atoms with Gasteiger partial charge in [-0.3, -0.25) is 4.79 Å². The lowest BCUT2D eigenvalue weighted by molar-refractivity contribution is 0.104. The van der Waals surface area contributed by atoms with Gasteiger partial charge in [-0.05, 0) is 67.7 Å². The molecule has 2 nitrogen and oxygen atoms in total. The molecule has 0 atom stereocenters. The summed E-state index contributed by atoms with van der Waals surface area (Å²) in [6, 6.07) is 36.6. The molecule has 162 valence electrons. The molecule has 0 bridgehead atoms. The number of benzene rings is 6. The Labute approximate surface area is 198 Å². The highest BCUT2D eigenvalue weighted by atomic mass is 16.5. The second-order valence-corrected chi connectivity index (χ2v) is 8.48. The summed E-state index contributed by atoms with van der Waals surface area (Å²) < 4.78 is 6.00. The minimum Gasteiger partial charge on any atom is -0.488 e. The lowest BCUT2D eigenvalue weighted by Crippen LogP contribution is -2.02. The summed E-state index contributed by atoms with van der Waals surface area (Å²) in [5.41, 5.74) is 2.66. The second-order valence-electron chi connectivity index (χ2n) is 8.48. The van der Waals surface area contributed by atoms with Crippen molar-refractivity contribution in [1.29, 1.82) is 0 Å². The van der Waals surface area contributed by atoms with E-state index in [1.54, 1.807) is 6.08 Å². The van der Waals surface area contributed by atoms with Crippen LogP contribution in [-0.4, -0.2) is 5.78 Å². The maximum absolute atomic E-state index is 13.2. The minimum atomic E-state index is -0.0752. The van der Waals surface area contributed by atoms with Crippen LogP contribution in [0.15, 0.2) is 115 Å². The van der Waals surface area contributed by atoms with Crippen molar-refractivity contribution in [2.24, 2.45) is 0 Å². The van der Waals surface area contributed by atoms with Gasteiger partial charge in [-0.2, -0.15) is 0 Å². The third-order valence-corrected chi connectivity index (χ3v) is 6.34. The van der Waals surface area contributed by atoms with E-state index in [0.29, 0.717) is 17.9 Å². The van der Waals surface area contributed by atoms with Crippen molar-refractivity contribution in [3.63, 3.8) is 0 Å². The van der Waals surface area contributed by atoms with Crippen LogP contribution in [0.5, 0.6) is 5.75 Å². The fourth-order valence-corrected chi connectivity index (χ4v) is 4.71. The van der Waals surface area contributed by atoms with E-state index < -0.39 is 0 Å². The zero-order chi connectivity index (χ0) is 22.9. The number of hydrogen-bond donors (Lipinski definition) is 0. The normalized spacial score (nSPS) is 11.6. The average molecular weight is 439 g/mol. The van der Waals surface area contributed by atoms with Crippen molar-refractivity contribution in [2.45, 2.75) is 6.61 Å². The van der Waals surface area contributed by atoms with Gasteiger partial charge >= 0.3 is 0 Å². The van der Waals surface area contributed by atoms with Crippen LogP contribution in [0.2, 0.25) is 0 Å². The molecule has 0 aromatic heterocycles. The third kappa shape index (κ3) is 3.60. The smallest absolute Gasteiger partial charge is 0.189 e. The fraction of sp³-hybridized carbons (Fsp3) is 0.0312. The molecule has 0 unspecified atom stereocenters. The first-order valence-corrected chi connectivity index (χ1v) is 11.4. The Balaban J connectivity index is 1.36. The van der Waals surface area contributed by atoms with Crippen molar-refractivity contribution in [1.82, 2.24) is 0 Å². The standard InChI is InChI=1S/C32H22O2/c33-29(28-13-4-5-15-30(28)34-21-22-8-2-1-3-9-22)19-18-25-20-26-12-6-10-23-16-17-24-11-7-14-27(25)32(24)31(23)26/h1-20H,21H2. The van der Waals surface area contributed by atoms with Crippen molar-refractivity contribution in [3.8, 4) is 5.75 Å². The van der Waals surface area contributed by atoms with Gasteiger partial charge in [-0.15, -0.1) is 0 Å². The van der Waals surface area contributed by atoms with Crippen LogP contribution in [0, 0.1) is 0 Å². The van der Waals surface area contributed by atoms with Crippen molar-refractivity contribution < 1.29 is 9.53 Å². The molecule has 0 radical (unpaired) electrons. The summed E-state index contributed by atoms with van der Waals surface area (Å²) in [5.74, 6) is 0.518. The molecule has 0 heterocycles. The molecule has 0 aliphatic carbocycles. The van der Waals surface area contributed by atoms with Gasteiger partial charge in [-0.1, -0.05) is 97.1 Å². The first kappa shape index (κ1) is 20.2. The van der Waals surface area contributed by atoms with Gasteiger partial charge in [0.05, 0.1) is 5.56 Å². The van der Waals surface area contributed by atoms with Gasteiger partial charge in [0, 0.05) is 0 Å². The summed E-state index contributed by atoms with van der Waals surface area (Å²) in [4.78, 5) is 13.2. The van der Waals surface area contributed by atoms with E-state index in [4.69, 9.17) is 4.74 Å². The summed E-state index contributed by atoms with van der Waals surface area (Å²) in [6.45, 7) is 0.419. The van der Waals surface area contributed by atoms with E-state index in [1.165, 1.54) is 26.9 Å². The van der Waals surface area contributed by atoms with Gasteiger partial charge in [-0.25, -0.2) is 0 Å². The monoisotopic (exact) mass is 438 g/mol. The number of ketones is 1. The van der Waals surface area contributed by atoms with Crippen LogP contribution >= 0.6 is 0 Å². The number of rotatable bonds is 6. The first-order valence-electron chi connectivity index (χ1n) is 11.4. The quantitative estimate of drug-likeness (QED) is 0.149. The molecule has 0 spiro atoms. The predicted octanol–water partition coefficient (Wildman–Crippen LogP) is 8.06. The van der Waals surface area contributed by atoms with Gasteiger partial charge in [0.1, 0.15) is 12.4 Å². The van der Waals surface area contributed by atoms with Gasteiger partial charge in [0.2, 0.25) is 0 Å². The Kier molecular flexibility index (Phi) is 5.04. The largest absolute Gasteiger partial charge is 0.488 e. The predicted molar refractivity (Wildman–Crippen MR) is 141 cm³/mol. The molecule has 34 heavy (non-hydrogen) atoms. The van der Waals surface area contributed by atoms with E-state index in [2.05, 4.69) is 54.6 Å². The molecule has 2 heteroatoms. The molecule has 0 fully saturated rings. The summed E-state index contributed by atoms with van der Waals surface area (Å²) >= 11 is 0. The Hall–Kier alpha value is -4.43. The van der Waals surface area contributed by atoms with E-state index in [0.717, 1.165) is 16.5 Å². The van der Waals surface area contributed by atoms with Crippen LogP contribution in [0.3, 0.4) is 0 Å². The van der Waals surface area contributed by atoms with Crippen LogP contribution < -0.4 is 4.74 Å². The lowest BCUT2D eigenvalue weighted by Gasteiger charge is -2.13. The summed E-state index contributed by atoms with van der Waals surface area (Å²) in [7, 11) is 0. The van der Waals surface area contributed by atoms with Crippen LogP contribution in [0.1, 0.15) is 21.5 Å². The second kappa shape index (κ2) is 8.49. The summed E-state index contributed by atoms with van der Waals surface area (Å²) in [6.07, 6.45) is 3.59. The number of ether oxygens (including phenoxy) is 1. The van der Waals surface area contributed by atoms with Crippen molar-refractivity contribution in [2.75, 3.05) is 0 Å². The van der Waals surface area contributed by atoms with Gasteiger partial charge < -0.3 is 4.74 Å². The molecule has 0 saturated carbocycles. The number of para-hydroxylation sites is 1. The number of carbonyl (C=O) groups is 1. The molecular weight excluding hydrogens is 416 g/mol. The van der Waals surface area contributed by atoms with Crippen molar-refractivity contribution in [3.05, 3.63) is 132 Å². The van der Waals surface area contributed by atoms with E-state index >= 15 is 0 Å². The van der Waals surface area contributed by atoms with Gasteiger partial charge in [0.15, 0.2) is 5.78 Å². The first-order chi connectivity index (χ1) is 16.8. The topological polar surface area (TPSA) is 26.3 Å². The zero-order valence-electron chi connectivity index (χ0n) is 18.6. The highest BCUT2D eigenvalue weighted by Gasteiger charge is 2.12.